The summed E-state index contributed by atoms with van der Waals surface area (Å²) >= 11 is 3.04. The molecular weight excluding hydrogens is 398 g/mol. The summed E-state index contributed by atoms with van der Waals surface area (Å²) in [6.45, 7) is 0. The Kier molecular flexibility index (Phi) is 4.87. The number of para-hydroxylation sites is 1. The Morgan fingerprint density at radius 3 is 2.41 bits per heavy atom. The molecule has 0 saturated carbocycles. The highest BCUT2D eigenvalue weighted by Gasteiger charge is 2.14. The van der Waals surface area contributed by atoms with E-state index in [4.69, 9.17) is 0 Å². The SMILES string of the molecule is O=C(CSc1nnc2sc3ccccc3n12)c1ccc(Cc2ccccc2)cc1. The number of fused-ring (bicyclic) bond motifs is 3. The van der Waals surface area contributed by atoms with Gasteiger partial charge in [-0.2, -0.15) is 0 Å². The molecule has 4 nitrogen and oxygen atoms in total. The van der Waals surface area contributed by atoms with E-state index in [9.17, 15) is 4.79 Å². The number of ketones is 1. The van der Waals surface area contributed by atoms with Crippen LogP contribution in [0.1, 0.15) is 21.5 Å². The van der Waals surface area contributed by atoms with E-state index in [1.54, 1.807) is 11.3 Å². The lowest BCUT2D eigenvalue weighted by Gasteiger charge is -2.04. The molecule has 0 bridgehead atoms. The Bertz CT molecular complexity index is 1290. The van der Waals surface area contributed by atoms with Crippen LogP contribution >= 0.6 is 23.1 Å². The normalized spacial score (nSPS) is 11.3. The number of thioether (sulfide) groups is 1. The molecule has 2 aromatic heterocycles. The Balaban J connectivity index is 1.29. The number of thiazole rings is 1. The maximum atomic E-state index is 12.7. The largest absolute Gasteiger partial charge is 0.293 e. The van der Waals surface area contributed by atoms with E-state index in [2.05, 4.69) is 34.5 Å². The zero-order chi connectivity index (χ0) is 19.6. The van der Waals surface area contributed by atoms with Gasteiger partial charge in [0.1, 0.15) is 0 Å². The third kappa shape index (κ3) is 3.69. The highest BCUT2D eigenvalue weighted by molar-refractivity contribution is 7.99. The van der Waals surface area contributed by atoms with E-state index in [1.165, 1.54) is 27.6 Å². The Morgan fingerprint density at radius 1 is 0.862 bits per heavy atom. The van der Waals surface area contributed by atoms with Gasteiger partial charge in [0.05, 0.1) is 16.0 Å². The highest BCUT2D eigenvalue weighted by Crippen LogP contribution is 2.29. The molecule has 6 heteroatoms. The maximum Gasteiger partial charge on any atom is 0.217 e. The van der Waals surface area contributed by atoms with Crippen molar-refractivity contribution in [3.63, 3.8) is 0 Å². The van der Waals surface area contributed by atoms with Crippen molar-refractivity contribution in [2.24, 2.45) is 0 Å². The predicted octanol–water partition coefficient (Wildman–Crippen LogP) is 5.51. The summed E-state index contributed by atoms with van der Waals surface area (Å²) < 4.78 is 3.19. The first-order valence-electron chi connectivity index (χ1n) is 9.29. The number of rotatable bonds is 6. The smallest absolute Gasteiger partial charge is 0.217 e. The minimum absolute atomic E-state index is 0.0950. The lowest BCUT2D eigenvalue weighted by Crippen LogP contribution is -2.03. The van der Waals surface area contributed by atoms with Crippen LogP contribution in [-0.4, -0.2) is 26.1 Å². The van der Waals surface area contributed by atoms with Crippen LogP contribution in [0.3, 0.4) is 0 Å². The number of benzene rings is 3. The highest BCUT2D eigenvalue weighted by atomic mass is 32.2. The third-order valence-electron chi connectivity index (χ3n) is 4.77. The summed E-state index contributed by atoms with van der Waals surface area (Å²) in [5.74, 6) is 0.431. The van der Waals surface area contributed by atoms with Crippen molar-refractivity contribution in [2.45, 2.75) is 11.6 Å². The van der Waals surface area contributed by atoms with Crippen LogP contribution < -0.4 is 0 Å². The number of Topliss-reactive ketones (excluding diaryl/α,β-unsaturated/α-hetero) is 1. The fourth-order valence-corrected chi connectivity index (χ4v) is 5.16. The fourth-order valence-electron chi connectivity index (χ4n) is 3.30. The topological polar surface area (TPSA) is 47.3 Å². The van der Waals surface area contributed by atoms with Crippen molar-refractivity contribution in [3.05, 3.63) is 95.6 Å². The molecule has 3 aromatic carbocycles. The van der Waals surface area contributed by atoms with Gasteiger partial charge in [-0.25, -0.2) is 0 Å². The third-order valence-corrected chi connectivity index (χ3v) is 6.71. The van der Waals surface area contributed by atoms with Crippen molar-refractivity contribution < 1.29 is 4.79 Å². The Morgan fingerprint density at radius 2 is 1.59 bits per heavy atom. The second kappa shape index (κ2) is 7.81. The number of carbonyl (C=O) groups excluding carboxylic acids is 1. The molecule has 0 saturated heterocycles. The zero-order valence-corrected chi connectivity index (χ0v) is 17.1. The molecule has 2 heterocycles. The lowest BCUT2D eigenvalue weighted by molar-refractivity contribution is 0.102. The lowest BCUT2D eigenvalue weighted by atomic mass is 10.0. The van der Waals surface area contributed by atoms with Crippen molar-refractivity contribution in [1.82, 2.24) is 14.6 Å². The monoisotopic (exact) mass is 415 g/mol. The van der Waals surface area contributed by atoms with Crippen LogP contribution in [0.4, 0.5) is 0 Å². The maximum absolute atomic E-state index is 12.7. The molecule has 0 fully saturated rings. The van der Waals surface area contributed by atoms with Crippen LogP contribution in [0, 0.1) is 0 Å². The minimum atomic E-state index is 0.0950. The first-order chi connectivity index (χ1) is 14.3. The standard InChI is InChI=1S/C23H17N3OS2/c27-20(18-12-10-17(11-13-18)14-16-6-2-1-3-7-16)15-28-22-24-25-23-26(22)19-8-4-5-9-21(19)29-23/h1-13H,14-15H2. The van der Waals surface area contributed by atoms with Gasteiger partial charge in [-0.05, 0) is 29.7 Å². The van der Waals surface area contributed by atoms with E-state index < -0.39 is 0 Å². The van der Waals surface area contributed by atoms with Gasteiger partial charge >= 0.3 is 0 Å². The molecule has 0 aliphatic rings. The Hall–Kier alpha value is -2.96. The van der Waals surface area contributed by atoms with Crippen molar-refractivity contribution >= 4 is 44.1 Å². The predicted molar refractivity (Wildman–Crippen MR) is 119 cm³/mol. The van der Waals surface area contributed by atoms with Crippen LogP contribution in [0.2, 0.25) is 0 Å². The van der Waals surface area contributed by atoms with Gasteiger partial charge < -0.3 is 0 Å². The first-order valence-corrected chi connectivity index (χ1v) is 11.1. The number of hydrogen-bond donors (Lipinski definition) is 0. The quantitative estimate of drug-likeness (QED) is 0.271. The molecule has 142 valence electrons. The average molecular weight is 416 g/mol. The number of nitrogens with zero attached hydrogens (tertiary/aromatic N) is 3. The van der Waals surface area contributed by atoms with Crippen molar-refractivity contribution in [3.8, 4) is 0 Å². The second-order valence-corrected chi connectivity index (χ2v) is 8.69. The molecule has 0 amide bonds. The summed E-state index contributed by atoms with van der Waals surface area (Å²) in [7, 11) is 0. The minimum Gasteiger partial charge on any atom is -0.293 e. The number of hydrogen-bond acceptors (Lipinski definition) is 5. The molecule has 5 aromatic rings. The zero-order valence-electron chi connectivity index (χ0n) is 15.5. The summed E-state index contributed by atoms with van der Waals surface area (Å²) in [4.78, 5) is 13.5. The average Bonchev–Trinajstić information content (AvgIpc) is 3.33. The summed E-state index contributed by atoms with van der Waals surface area (Å²) in [6.07, 6.45) is 0.868. The van der Waals surface area contributed by atoms with Crippen LogP contribution in [0.25, 0.3) is 15.2 Å². The van der Waals surface area contributed by atoms with Gasteiger partial charge in [0.2, 0.25) is 4.96 Å². The fraction of sp³-hybridized carbons (Fsp3) is 0.0870. The molecular formula is C23H17N3OS2. The second-order valence-electron chi connectivity index (χ2n) is 6.74. The molecule has 0 radical (unpaired) electrons. The van der Waals surface area contributed by atoms with Crippen LogP contribution in [0.5, 0.6) is 0 Å². The van der Waals surface area contributed by atoms with E-state index in [0.717, 1.165) is 27.6 Å². The molecule has 0 unspecified atom stereocenters. The van der Waals surface area contributed by atoms with E-state index in [0.29, 0.717) is 5.75 Å². The van der Waals surface area contributed by atoms with Crippen LogP contribution in [0.15, 0.2) is 84.0 Å². The molecule has 0 spiro atoms. The van der Waals surface area contributed by atoms with Gasteiger partial charge in [0.15, 0.2) is 10.9 Å². The number of aromatic nitrogens is 3. The molecule has 0 N–H and O–H groups in total. The number of carbonyl (C=O) groups is 1. The van der Waals surface area contributed by atoms with E-state index in [-0.39, 0.29) is 5.78 Å². The van der Waals surface area contributed by atoms with Gasteiger partial charge in [-0.3, -0.25) is 9.20 Å². The molecule has 0 atom stereocenters. The summed E-state index contributed by atoms with van der Waals surface area (Å²) in [5, 5.41) is 9.28. The van der Waals surface area contributed by atoms with Crippen LogP contribution in [-0.2, 0) is 6.42 Å². The van der Waals surface area contributed by atoms with Crippen molar-refractivity contribution in [1.29, 1.82) is 0 Å². The van der Waals surface area contributed by atoms with Gasteiger partial charge in [-0.15, -0.1) is 10.2 Å². The summed E-state index contributed by atoms with van der Waals surface area (Å²) in [5.41, 5.74) is 4.27. The van der Waals surface area contributed by atoms with Gasteiger partial charge in [-0.1, -0.05) is 89.8 Å². The Labute approximate surface area is 176 Å². The molecule has 0 aliphatic heterocycles. The van der Waals surface area contributed by atoms with Gasteiger partial charge in [0.25, 0.3) is 0 Å². The molecule has 0 aliphatic carbocycles. The summed E-state index contributed by atoms with van der Waals surface area (Å²) in [6, 6.07) is 26.4. The molecule has 29 heavy (non-hydrogen) atoms. The van der Waals surface area contributed by atoms with Crippen molar-refractivity contribution in [2.75, 3.05) is 5.75 Å². The first kappa shape index (κ1) is 18.1. The van der Waals surface area contributed by atoms with E-state index >= 15 is 0 Å². The van der Waals surface area contributed by atoms with Gasteiger partial charge in [0, 0.05) is 5.56 Å². The van der Waals surface area contributed by atoms with E-state index in [1.807, 2.05) is 59.0 Å². The molecule has 5 rings (SSSR count).